The summed E-state index contributed by atoms with van der Waals surface area (Å²) in [6, 6.07) is 11.1. The number of piperidine rings is 1. The van der Waals surface area contributed by atoms with E-state index in [1.807, 2.05) is 19.9 Å². The van der Waals surface area contributed by atoms with Gasteiger partial charge in [0.2, 0.25) is 5.95 Å². The number of rotatable bonds is 4. The van der Waals surface area contributed by atoms with Crippen LogP contribution in [0, 0.1) is 20.8 Å². The molecule has 3 aromatic rings. The third-order valence-corrected chi connectivity index (χ3v) is 5.43. The highest BCUT2D eigenvalue weighted by molar-refractivity contribution is 5.89. The van der Waals surface area contributed by atoms with Crippen molar-refractivity contribution in [2.45, 2.75) is 46.2 Å². The van der Waals surface area contributed by atoms with Crippen LogP contribution in [-0.4, -0.2) is 39.0 Å². The van der Waals surface area contributed by atoms with Crippen LogP contribution in [-0.2, 0) is 6.54 Å². The maximum atomic E-state index is 6.19. The standard InChI is InChI=1S/C22H28N6/c1-14-5-4-6-17(11-14)13-28-9-7-18(8-10-28)25-22-26-20(23)19-15(2)12-16(3)24-21(19)27-22/h4-6,11-12,18H,7-10,13H2,1-3H3,(H3,23,24,25,26,27). The summed E-state index contributed by atoms with van der Waals surface area (Å²) in [5, 5.41) is 4.33. The van der Waals surface area contributed by atoms with E-state index >= 15 is 0 Å². The van der Waals surface area contributed by atoms with Gasteiger partial charge in [0.15, 0.2) is 5.65 Å². The fourth-order valence-corrected chi connectivity index (χ4v) is 4.06. The molecule has 0 amide bonds. The second kappa shape index (κ2) is 7.72. The van der Waals surface area contributed by atoms with Crippen LogP contribution in [0.1, 0.15) is 35.2 Å². The first-order chi connectivity index (χ1) is 13.5. The summed E-state index contributed by atoms with van der Waals surface area (Å²) < 4.78 is 0. The van der Waals surface area contributed by atoms with Crippen LogP contribution < -0.4 is 11.1 Å². The summed E-state index contributed by atoms with van der Waals surface area (Å²) in [7, 11) is 0. The molecule has 3 N–H and O–H groups in total. The van der Waals surface area contributed by atoms with Crippen molar-refractivity contribution < 1.29 is 0 Å². The summed E-state index contributed by atoms with van der Waals surface area (Å²) in [6.07, 6.45) is 2.13. The average molecular weight is 377 g/mol. The van der Waals surface area contributed by atoms with Crippen molar-refractivity contribution in [3.63, 3.8) is 0 Å². The Morgan fingerprint density at radius 1 is 1.07 bits per heavy atom. The minimum Gasteiger partial charge on any atom is -0.383 e. The summed E-state index contributed by atoms with van der Waals surface area (Å²) >= 11 is 0. The molecule has 1 aliphatic heterocycles. The van der Waals surface area contributed by atoms with Crippen LogP contribution in [0.15, 0.2) is 30.3 Å². The number of likely N-dealkylation sites (tertiary alicyclic amines) is 1. The lowest BCUT2D eigenvalue weighted by Gasteiger charge is -2.32. The van der Waals surface area contributed by atoms with E-state index < -0.39 is 0 Å². The number of hydrogen-bond donors (Lipinski definition) is 2. The zero-order valence-corrected chi connectivity index (χ0v) is 16.9. The van der Waals surface area contributed by atoms with Gasteiger partial charge in [-0.15, -0.1) is 0 Å². The van der Waals surface area contributed by atoms with E-state index in [9.17, 15) is 0 Å². The number of pyridine rings is 1. The van der Waals surface area contributed by atoms with Crippen molar-refractivity contribution in [1.82, 2.24) is 19.9 Å². The largest absolute Gasteiger partial charge is 0.383 e. The van der Waals surface area contributed by atoms with Crippen molar-refractivity contribution in [2.75, 3.05) is 24.1 Å². The Bertz CT molecular complexity index is 992. The number of nitrogens with one attached hydrogen (secondary N) is 1. The van der Waals surface area contributed by atoms with Gasteiger partial charge in [0.05, 0.1) is 5.39 Å². The quantitative estimate of drug-likeness (QED) is 0.724. The molecule has 146 valence electrons. The van der Waals surface area contributed by atoms with Crippen LogP contribution in [0.25, 0.3) is 11.0 Å². The van der Waals surface area contributed by atoms with Gasteiger partial charge in [-0.2, -0.15) is 9.97 Å². The van der Waals surface area contributed by atoms with Gasteiger partial charge >= 0.3 is 0 Å². The third-order valence-electron chi connectivity index (χ3n) is 5.43. The van der Waals surface area contributed by atoms with Gasteiger partial charge in [-0.3, -0.25) is 4.90 Å². The number of aromatic nitrogens is 3. The van der Waals surface area contributed by atoms with E-state index in [0.29, 0.717) is 23.5 Å². The van der Waals surface area contributed by atoms with Crippen molar-refractivity contribution in [3.8, 4) is 0 Å². The molecule has 0 aliphatic carbocycles. The number of hydrogen-bond acceptors (Lipinski definition) is 6. The van der Waals surface area contributed by atoms with Gasteiger partial charge in [-0.1, -0.05) is 29.8 Å². The summed E-state index contributed by atoms with van der Waals surface area (Å²) in [5.41, 5.74) is 11.6. The van der Waals surface area contributed by atoms with Crippen LogP contribution in [0.5, 0.6) is 0 Å². The molecule has 1 saturated heterocycles. The molecule has 0 unspecified atom stereocenters. The fraction of sp³-hybridized carbons (Fsp3) is 0.409. The van der Waals surface area contributed by atoms with E-state index in [1.165, 1.54) is 11.1 Å². The smallest absolute Gasteiger partial charge is 0.226 e. The number of nitrogen functional groups attached to an aromatic ring is 1. The summed E-state index contributed by atoms with van der Waals surface area (Å²) in [4.78, 5) is 16.2. The number of nitrogens with zero attached hydrogens (tertiary/aromatic N) is 4. The second-order valence-electron chi connectivity index (χ2n) is 7.90. The highest BCUT2D eigenvalue weighted by Gasteiger charge is 2.20. The molecule has 0 bridgehead atoms. The van der Waals surface area contributed by atoms with E-state index in [4.69, 9.17) is 5.73 Å². The van der Waals surface area contributed by atoms with Gasteiger partial charge < -0.3 is 11.1 Å². The molecule has 2 aromatic heterocycles. The van der Waals surface area contributed by atoms with E-state index in [-0.39, 0.29) is 0 Å². The zero-order chi connectivity index (χ0) is 19.7. The summed E-state index contributed by atoms with van der Waals surface area (Å²) in [5.74, 6) is 1.08. The molecule has 0 radical (unpaired) electrons. The van der Waals surface area contributed by atoms with E-state index in [0.717, 1.165) is 49.1 Å². The molecule has 6 nitrogen and oxygen atoms in total. The van der Waals surface area contributed by atoms with Crippen LogP contribution >= 0.6 is 0 Å². The molecule has 1 fully saturated rings. The minimum absolute atomic E-state index is 0.358. The predicted molar refractivity (Wildman–Crippen MR) is 114 cm³/mol. The zero-order valence-electron chi connectivity index (χ0n) is 16.9. The highest BCUT2D eigenvalue weighted by atomic mass is 15.2. The molecule has 4 rings (SSSR count). The molecular formula is C22H28N6. The second-order valence-corrected chi connectivity index (χ2v) is 7.90. The molecule has 3 heterocycles. The molecule has 1 aromatic carbocycles. The molecule has 28 heavy (non-hydrogen) atoms. The lowest BCUT2D eigenvalue weighted by Crippen LogP contribution is -2.39. The molecule has 6 heteroatoms. The Morgan fingerprint density at radius 3 is 2.61 bits per heavy atom. The molecule has 0 saturated carbocycles. The highest BCUT2D eigenvalue weighted by Crippen LogP contribution is 2.24. The summed E-state index contributed by atoms with van der Waals surface area (Å²) in [6.45, 7) is 9.27. The Kier molecular flexibility index (Phi) is 5.13. The maximum absolute atomic E-state index is 6.19. The molecule has 0 spiro atoms. The Morgan fingerprint density at radius 2 is 1.86 bits per heavy atom. The minimum atomic E-state index is 0.358. The number of benzene rings is 1. The first kappa shape index (κ1) is 18.6. The van der Waals surface area contributed by atoms with Gasteiger partial charge in [0.25, 0.3) is 0 Å². The van der Waals surface area contributed by atoms with Crippen LogP contribution in [0.4, 0.5) is 11.8 Å². The van der Waals surface area contributed by atoms with E-state index in [2.05, 4.69) is 56.4 Å². The van der Waals surface area contributed by atoms with Gasteiger partial charge in [0, 0.05) is 31.4 Å². The fourth-order valence-electron chi connectivity index (χ4n) is 4.06. The molecular weight excluding hydrogens is 348 g/mol. The first-order valence-corrected chi connectivity index (χ1v) is 9.94. The monoisotopic (exact) mass is 376 g/mol. The maximum Gasteiger partial charge on any atom is 0.226 e. The number of nitrogens with two attached hydrogens (primary N) is 1. The van der Waals surface area contributed by atoms with Gasteiger partial charge in [-0.05, 0) is 50.8 Å². The normalized spacial score (nSPS) is 15.8. The van der Waals surface area contributed by atoms with Crippen LogP contribution in [0.3, 0.4) is 0 Å². The number of aryl methyl sites for hydroxylation is 3. The lowest BCUT2D eigenvalue weighted by atomic mass is 10.0. The Labute approximate surface area is 166 Å². The predicted octanol–water partition coefficient (Wildman–Crippen LogP) is 3.61. The number of fused-ring (bicyclic) bond motifs is 1. The topological polar surface area (TPSA) is 80.0 Å². The Balaban J connectivity index is 1.41. The van der Waals surface area contributed by atoms with Gasteiger partial charge in [0.1, 0.15) is 5.82 Å². The van der Waals surface area contributed by atoms with Crippen molar-refractivity contribution in [1.29, 1.82) is 0 Å². The SMILES string of the molecule is Cc1cccc(CN2CCC(Nc3nc(N)c4c(C)cc(C)nc4n3)CC2)c1. The van der Waals surface area contributed by atoms with Gasteiger partial charge in [-0.25, -0.2) is 4.98 Å². The van der Waals surface area contributed by atoms with Crippen molar-refractivity contribution in [2.24, 2.45) is 0 Å². The number of anilines is 2. The Hall–Kier alpha value is -2.73. The van der Waals surface area contributed by atoms with Crippen molar-refractivity contribution in [3.05, 3.63) is 52.7 Å². The van der Waals surface area contributed by atoms with Crippen molar-refractivity contribution >= 4 is 22.8 Å². The molecule has 0 atom stereocenters. The van der Waals surface area contributed by atoms with Crippen LogP contribution in [0.2, 0.25) is 0 Å². The molecule has 1 aliphatic rings. The average Bonchev–Trinajstić information content (AvgIpc) is 2.62. The lowest BCUT2D eigenvalue weighted by molar-refractivity contribution is 0.211. The first-order valence-electron chi connectivity index (χ1n) is 9.94. The van der Waals surface area contributed by atoms with E-state index in [1.54, 1.807) is 0 Å². The third kappa shape index (κ3) is 4.07.